The van der Waals surface area contributed by atoms with E-state index in [0.717, 1.165) is 5.56 Å². The summed E-state index contributed by atoms with van der Waals surface area (Å²) < 4.78 is 29.2. The van der Waals surface area contributed by atoms with Gasteiger partial charge in [0, 0.05) is 0 Å². The van der Waals surface area contributed by atoms with Gasteiger partial charge in [0.25, 0.3) is 15.9 Å². The molecule has 2 aromatic carbocycles. The van der Waals surface area contributed by atoms with Crippen LogP contribution in [0.2, 0.25) is 0 Å². The van der Waals surface area contributed by atoms with Crippen molar-refractivity contribution in [2.45, 2.75) is 11.8 Å². The fraction of sp³-hybridized carbons (Fsp3) is 0.133. The van der Waals surface area contributed by atoms with E-state index in [4.69, 9.17) is 4.74 Å². The molecule has 0 saturated carbocycles. The van der Waals surface area contributed by atoms with Crippen LogP contribution in [-0.2, 0) is 10.0 Å². The lowest BCUT2D eigenvalue weighted by molar-refractivity contribution is 0.0942. The van der Waals surface area contributed by atoms with Crippen molar-refractivity contribution < 1.29 is 17.9 Å². The Kier molecular flexibility index (Phi) is 4.79. The number of hydrazine groups is 1. The van der Waals surface area contributed by atoms with E-state index in [1.807, 2.05) is 6.92 Å². The van der Waals surface area contributed by atoms with Crippen LogP contribution in [0.3, 0.4) is 0 Å². The highest BCUT2D eigenvalue weighted by molar-refractivity contribution is 7.89. The molecule has 1 amide bonds. The molecule has 0 aliphatic rings. The third-order valence-corrected chi connectivity index (χ3v) is 4.25. The average molecular weight is 320 g/mol. The molecule has 2 rings (SSSR count). The van der Waals surface area contributed by atoms with Gasteiger partial charge in [-0.25, -0.2) is 8.42 Å². The largest absolute Gasteiger partial charge is 0.496 e. The Bertz CT molecular complexity index is 770. The Morgan fingerprint density at radius 3 is 2.32 bits per heavy atom. The van der Waals surface area contributed by atoms with Crippen LogP contribution >= 0.6 is 0 Å². The number of carbonyl (C=O) groups is 1. The summed E-state index contributed by atoms with van der Waals surface area (Å²) in [5.41, 5.74) is 3.34. The smallest absolute Gasteiger partial charge is 0.270 e. The summed E-state index contributed by atoms with van der Waals surface area (Å²) in [5.74, 6) is -0.248. The van der Waals surface area contributed by atoms with E-state index in [2.05, 4.69) is 10.3 Å². The molecular weight excluding hydrogens is 304 g/mol. The van der Waals surface area contributed by atoms with Gasteiger partial charge in [-0.3, -0.25) is 10.2 Å². The number of rotatable bonds is 5. The van der Waals surface area contributed by atoms with Gasteiger partial charge >= 0.3 is 0 Å². The van der Waals surface area contributed by atoms with E-state index in [1.165, 1.54) is 25.3 Å². The molecule has 2 N–H and O–H groups in total. The van der Waals surface area contributed by atoms with Gasteiger partial charge in [0.2, 0.25) is 0 Å². The molecule has 7 heteroatoms. The number of para-hydroxylation sites is 1. The summed E-state index contributed by atoms with van der Waals surface area (Å²) in [5, 5.41) is 0. The Morgan fingerprint density at radius 1 is 1.05 bits per heavy atom. The van der Waals surface area contributed by atoms with Crippen molar-refractivity contribution in [1.82, 2.24) is 10.3 Å². The van der Waals surface area contributed by atoms with Crippen LogP contribution in [0.1, 0.15) is 15.9 Å². The molecule has 0 aliphatic carbocycles. The number of carbonyl (C=O) groups excluding carboxylic acids is 1. The molecule has 0 spiro atoms. The van der Waals surface area contributed by atoms with E-state index in [-0.39, 0.29) is 10.5 Å². The molecule has 22 heavy (non-hydrogen) atoms. The number of ether oxygens (including phenoxy) is 1. The van der Waals surface area contributed by atoms with Crippen LogP contribution in [0.15, 0.2) is 53.4 Å². The fourth-order valence-electron chi connectivity index (χ4n) is 1.79. The van der Waals surface area contributed by atoms with Crippen molar-refractivity contribution in [3.8, 4) is 5.75 Å². The van der Waals surface area contributed by atoms with Crippen molar-refractivity contribution in [2.75, 3.05) is 7.11 Å². The molecule has 0 saturated heterocycles. The maximum atomic E-state index is 12.1. The second kappa shape index (κ2) is 6.59. The second-order valence-electron chi connectivity index (χ2n) is 4.57. The first kappa shape index (κ1) is 16.0. The molecule has 6 nitrogen and oxygen atoms in total. The highest BCUT2D eigenvalue weighted by Crippen LogP contribution is 2.16. The van der Waals surface area contributed by atoms with Crippen LogP contribution in [0.25, 0.3) is 0 Å². The predicted octanol–water partition coefficient (Wildman–Crippen LogP) is 1.63. The second-order valence-corrected chi connectivity index (χ2v) is 6.26. The van der Waals surface area contributed by atoms with Gasteiger partial charge in [-0.05, 0) is 31.2 Å². The van der Waals surface area contributed by atoms with Crippen LogP contribution in [0.5, 0.6) is 5.75 Å². The van der Waals surface area contributed by atoms with Gasteiger partial charge in [-0.2, -0.15) is 0 Å². The van der Waals surface area contributed by atoms with Crippen molar-refractivity contribution in [3.05, 3.63) is 59.7 Å². The lowest BCUT2D eigenvalue weighted by atomic mass is 10.2. The zero-order valence-corrected chi connectivity index (χ0v) is 13.0. The Hall–Kier alpha value is -2.38. The molecule has 0 aliphatic heterocycles. The van der Waals surface area contributed by atoms with Gasteiger partial charge in [-0.15, -0.1) is 4.83 Å². The maximum absolute atomic E-state index is 12.1. The summed E-state index contributed by atoms with van der Waals surface area (Å²) >= 11 is 0. The number of amides is 1. The zero-order valence-electron chi connectivity index (χ0n) is 12.2. The van der Waals surface area contributed by atoms with E-state index in [0.29, 0.717) is 5.75 Å². The first-order valence-electron chi connectivity index (χ1n) is 6.46. The van der Waals surface area contributed by atoms with Gasteiger partial charge in [0.1, 0.15) is 5.75 Å². The van der Waals surface area contributed by atoms with Gasteiger partial charge in [0.15, 0.2) is 0 Å². The third-order valence-electron chi connectivity index (χ3n) is 2.98. The van der Waals surface area contributed by atoms with E-state index < -0.39 is 15.9 Å². The SMILES string of the molecule is COc1ccccc1C(=O)NNS(=O)(=O)c1ccc(C)cc1. The van der Waals surface area contributed by atoms with Gasteiger partial charge in [-0.1, -0.05) is 29.8 Å². The first-order chi connectivity index (χ1) is 10.4. The molecule has 116 valence electrons. The van der Waals surface area contributed by atoms with Crippen LogP contribution in [-0.4, -0.2) is 21.4 Å². The lowest BCUT2D eigenvalue weighted by Gasteiger charge is -2.10. The van der Waals surface area contributed by atoms with Crippen molar-refractivity contribution in [3.63, 3.8) is 0 Å². The first-order valence-corrected chi connectivity index (χ1v) is 7.94. The minimum absolute atomic E-state index is 0.0680. The van der Waals surface area contributed by atoms with Gasteiger partial charge < -0.3 is 4.74 Å². The zero-order chi connectivity index (χ0) is 16.2. The summed E-state index contributed by atoms with van der Waals surface area (Å²) in [6.07, 6.45) is 0. The standard InChI is InChI=1S/C15H16N2O4S/c1-11-7-9-12(10-8-11)22(19,20)17-16-15(18)13-5-3-4-6-14(13)21-2/h3-10,17H,1-2H3,(H,16,18). The summed E-state index contributed by atoms with van der Waals surface area (Å²) in [4.78, 5) is 14.2. The van der Waals surface area contributed by atoms with Crippen LogP contribution < -0.4 is 15.0 Å². The average Bonchev–Trinajstić information content (AvgIpc) is 2.53. The summed E-state index contributed by atoms with van der Waals surface area (Å²) in [7, 11) is -2.39. The fourth-order valence-corrected chi connectivity index (χ4v) is 2.63. The quantitative estimate of drug-likeness (QED) is 0.820. The number of aryl methyl sites for hydroxylation is 1. The highest BCUT2D eigenvalue weighted by atomic mass is 32.2. The maximum Gasteiger partial charge on any atom is 0.270 e. The normalized spacial score (nSPS) is 11.0. The van der Waals surface area contributed by atoms with Crippen molar-refractivity contribution in [1.29, 1.82) is 0 Å². The topological polar surface area (TPSA) is 84.5 Å². The Labute approximate surface area is 129 Å². The third kappa shape index (κ3) is 3.63. The monoisotopic (exact) mass is 320 g/mol. The molecular formula is C15H16N2O4S. The number of benzene rings is 2. The van der Waals surface area contributed by atoms with E-state index in [1.54, 1.807) is 30.3 Å². The lowest BCUT2D eigenvalue weighted by Crippen LogP contribution is -2.41. The molecule has 0 bridgehead atoms. The van der Waals surface area contributed by atoms with E-state index in [9.17, 15) is 13.2 Å². The van der Waals surface area contributed by atoms with Gasteiger partial charge in [0.05, 0.1) is 17.6 Å². The minimum atomic E-state index is -3.82. The summed E-state index contributed by atoms with van der Waals surface area (Å²) in [6, 6.07) is 12.8. The number of hydrogen-bond acceptors (Lipinski definition) is 4. The molecule has 0 unspecified atom stereocenters. The van der Waals surface area contributed by atoms with E-state index >= 15 is 0 Å². The number of sulfonamides is 1. The van der Waals surface area contributed by atoms with Crippen molar-refractivity contribution in [2.24, 2.45) is 0 Å². The molecule has 0 radical (unpaired) electrons. The number of nitrogens with one attached hydrogen (secondary N) is 2. The minimum Gasteiger partial charge on any atom is -0.496 e. The van der Waals surface area contributed by atoms with Crippen molar-refractivity contribution >= 4 is 15.9 Å². The molecule has 0 fully saturated rings. The highest BCUT2D eigenvalue weighted by Gasteiger charge is 2.17. The molecule has 0 heterocycles. The Morgan fingerprint density at radius 2 is 1.68 bits per heavy atom. The van der Waals surface area contributed by atoms with Crippen LogP contribution in [0, 0.1) is 6.92 Å². The predicted molar refractivity (Wildman–Crippen MR) is 82.0 cm³/mol. The molecule has 2 aromatic rings. The molecule has 0 atom stereocenters. The summed E-state index contributed by atoms with van der Waals surface area (Å²) in [6.45, 7) is 1.85. The Balaban J connectivity index is 2.12. The number of hydrogen-bond donors (Lipinski definition) is 2. The number of methoxy groups -OCH3 is 1. The molecule has 0 aromatic heterocycles. The van der Waals surface area contributed by atoms with Crippen LogP contribution in [0.4, 0.5) is 0 Å².